The molecule has 2 saturated heterocycles. The zero-order chi connectivity index (χ0) is 16.7. The molecule has 0 aromatic heterocycles. The van der Waals surface area contributed by atoms with Gasteiger partial charge in [-0.3, -0.25) is 9.59 Å². The summed E-state index contributed by atoms with van der Waals surface area (Å²) in [6.45, 7) is 3.16. The number of carbonyl (C=O) groups excluding carboxylic acids is 2. The molecule has 128 valence electrons. The Labute approximate surface area is 142 Å². The molecule has 1 saturated carbocycles. The van der Waals surface area contributed by atoms with E-state index in [1.165, 1.54) is 5.56 Å². The number of aryl methyl sites for hydroxylation is 1. The van der Waals surface area contributed by atoms with Crippen LogP contribution in [-0.4, -0.2) is 48.1 Å². The Hall–Kier alpha value is -1.88. The van der Waals surface area contributed by atoms with E-state index in [-0.39, 0.29) is 29.9 Å². The maximum Gasteiger partial charge on any atom is 0.227 e. The molecule has 3 atom stereocenters. The van der Waals surface area contributed by atoms with Crippen molar-refractivity contribution in [3.8, 4) is 0 Å². The van der Waals surface area contributed by atoms with Crippen LogP contribution in [0.1, 0.15) is 30.4 Å². The fraction of sp³-hybridized carbons (Fsp3) is 0.579. The van der Waals surface area contributed by atoms with Crippen molar-refractivity contribution >= 4 is 11.8 Å². The van der Waals surface area contributed by atoms with Gasteiger partial charge in [0.2, 0.25) is 11.8 Å². The highest BCUT2D eigenvalue weighted by Crippen LogP contribution is 2.34. The molecule has 2 aliphatic heterocycles. The van der Waals surface area contributed by atoms with Gasteiger partial charge in [-0.1, -0.05) is 29.8 Å². The maximum absolute atomic E-state index is 12.8. The van der Waals surface area contributed by atoms with Gasteiger partial charge in [0.1, 0.15) is 0 Å². The van der Waals surface area contributed by atoms with Crippen molar-refractivity contribution < 1.29 is 14.3 Å². The number of hydrogen-bond acceptors (Lipinski definition) is 3. The second kappa shape index (κ2) is 6.20. The van der Waals surface area contributed by atoms with E-state index in [0.717, 1.165) is 24.8 Å². The lowest BCUT2D eigenvalue weighted by Crippen LogP contribution is -2.39. The van der Waals surface area contributed by atoms with Crippen LogP contribution in [0, 0.1) is 12.8 Å². The SMILES string of the molecule is Cc1ccc(CC(=O)N2C[C@H](C(=O)NC3CC3)[C@@H]3OCC[C@@H]32)cc1. The summed E-state index contributed by atoms with van der Waals surface area (Å²) in [5.41, 5.74) is 2.21. The first-order valence-electron chi connectivity index (χ1n) is 8.89. The van der Waals surface area contributed by atoms with Gasteiger partial charge >= 0.3 is 0 Å². The first-order chi connectivity index (χ1) is 11.6. The number of nitrogens with one attached hydrogen (secondary N) is 1. The fourth-order valence-electron chi connectivity index (χ4n) is 3.81. The normalized spacial score (nSPS) is 28.7. The fourth-order valence-corrected chi connectivity index (χ4v) is 3.81. The van der Waals surface area contributed by atoms with Gasteiger partial charge in [0.15, 0.2) is 0 Å². The second-order valence-electron chi connectivity index (χ2n) is 7.29. The Kier molecular flexibility index (Phi) is 4.04. The van der Waals surface area contributed by atoms with Gasteiger partial charge in [-0.25, -0.2) is 0 Å². The van der Waals surface area contributed by atoms with Crippen LogP contribution in [0.3, 0.4) is 0 Å². The number of likely N-dealkylation sites (tertiary alicyclic amines) is 1. The molecule has 1 N–H and O–H groups in total. The maximum atomic E-state index is 12.8. The van der Waals surface area contributed by atoms with Crippen molar-refractivity contribution in [3.63, 3.8) is 0 Å². The van der Waals surface area contributed by atoms with Crippen LogP contribution < -0.4 is 5.32 Å². The predicted octanol–water partition coefficient (Wildman–Crippen LogP) is 1.43. The minimum atomic E-state index is -0.222. The Morgan fingerprint density at radius 2 is 1.96 bits per heavy atom. The molecule has 2 heterocycles. The van der Waals surface area contributed by atoms with Crippen molar-refractivity contribution in [2.75, 3.05) is 13.2 Å². The third kappa shape index (κ3) is 3.05. The molecule has 0 bridgehead atoms. The van der Waals surface area contributed by atoms with Crippen molar-refractivity contribution in [2.45, 2.75) is 50.8 Å². The lowest BCUT2D eigenvalue weighted by Gasteiger charge is -2.22. The average molecular weight is 328 g/mol. The monoisotopic (exact) mass is 328 g/mol. The third-order valence-electron chi connectivity index (χ3n) is 5.35. The van der Waals surface area contributed by atoms with Crippen LogP contribution in [0.25, 0.3) is 0 Å². The van der Waals surface area contributed by atoms with Crippen LogP contribution >= 0.6 is 0 Å². The van der Waals surface area contributed by atoms with Gasteiger partial charge in [0.05, 0.1) is 24.5 Å². The number of hydrogen-bond donors (Lipinski definition) is 1. The minimum Gasteiger partial charge on any atom is -0.375 e. The predicted molar refractivity (Wildman–Crippen MR) is 89.4 cm³/mol. The van der Waals surface area contributed by atoms with Crippen molar-refractivity contribution in [1.29, 1.82) is 0 Å². The molecule has 1 aromatic rings. The number of ether oxygens (including phenoxy) is 1. The van der Waals surface area contributed by atoms with E-state index in [2.05, 4.69) is 5.32 Å². The standard InChI is InChI=1S/C19H24N2O3/c1-12-2-4-13(5-3-12)10-17(22)21-11-15(18-16(21)8-9-24-18)19(23)20-14-6-7-14/h2-5,14-16,18H,6-11H2,1H3,(H,20,23)/t15-,16-,18-/m0/s1. The van der Waals surface area contributed by atoms with Gasteiger partial charge in [-0.05, 0) is 31.7 Å². The van der Waals surface area contributed by atoms with Crippen molar-refractivity contribution in [1.82, 2.24) is 10.2 Å². The van der Waals surface area contributed by atoms with E-state index >= 15 is 0 Å². The molecule has 3 fully saturated rings. The summed E-state index contributed by atoms with van der Waals surface area (Å²) in [6, 6.07) is 8.46. The van der Waals surface area contributed by atoms with Crippen LogP contribution in [0.4, 0.5) is 0 Å². The quantitative estimate of drug-likeness (QED) is 0.910. The smallest absolute Gasteiger partial charge is 0.227 e. The zero-order valence-corrected chi connectivity index (χ0v) is 14.0. The van der Waals surface area contributed by atoms with E-state index in [0.29, 0.717) is 25.6 Å². The minimum absolute atomic E-state index is 0.0536. The highest BCUT2D eigenvalue weighted by Gasteiger charge is 2.50. The van der Waals surface area contributed by atoms with Crippen molar-refractivity contribution in [3.05, 3.63) is 35.4 Å². The van der Waals surface area contributed by atoms with E-state index < -0.39 is 0 Å². The van der Waals surface area contributed by atoms with E-state index in [4.69, 9.17) is 4.74 Å². The van der Waals surface area contributed by atoms with E-state index in [1.54, 1.807) is 0 Å². The van der Waals surface area contributed by atoms with Gasteiger partial charge < -0.3 is 15.0 Å². The summed E-state index contributed by atoms with van der Waals surface area (Å²) in [4.78, 5) is 27.1. The molecule has 2 amide bonds. The highest BCUT2D eigenvalue weighted by molar-refractivity contribution is 5.84. The lowest BCUT2D eigenvalue weighted by molar-refractivity contribution is -0.131. The number of amides is 2. The van der Waals surface area contributed by atoms with E-state index in [1.807, 2.05) is 36.1 Å². The Morgan fingerprint density at radius 3 is 2.67 bits per heavy atom. The number of rotatable bonds is 4. The molecular formula is C19H24N2O3. The molecule has 24 heavy (non-hydrogen) atoms. The summed E-state index contributed by atoms with van der Waals surface area (Å²) in [5.74, 6) is -0.0684. The molecule has 0 radical (unpaired) electrons. The summed E-state index contributed by atoms with van der Waals surface area (Å²) in [5, 5.41) is 3.07. The second-order valence-corrected chi connectivity index (χ2v) is 7.29. The van der Waals surface area contributed by atoms with Crippen LogP contribution in [0.2, 0.25) is 0 Å². The molecule has 1 aliphatic carbocycles. The molecule has 4 rings (SSSR count). The first kappa shape index (κ1) is 15.6. The third-order valence-corrected chi connectivity index (χ3v) is 5.35. The van der Waals surface area contributed by atoms with Gasteiger partial charge in [-0.15, -0.1) is 0 Å². The van der Waals surface area contributed by atoms with E-state index in [9.17, 15) is 9.59 Å². The molecule has 5 heteroatoms. The number of fused-ring (bicyclic) bond motifs is 1. The van der Waals surface area contributed by atoms with Crippen LogP contribution in [0.5, 0.6) is 0 Å². The molecular weight excluding hydrogens is 304 g/mol. The molecule has 0 spiro atoms. The van der Waals surface area contributed by atoms with Crippen LogP contribution in [0.15, 0.2) is 24.3 Å². The summed E-state index contributed by atoms with van der Waals surface area (Å²) in [6.07, 6.45) is 3.23. The molecule has 5 nitrogen and oxygen atoms in total. The van der Waals surface area contributed by atoms with Gasteiger partial charge in [0.25, 0.3) is 0 Å². The zero-order valence-electron chi connectivity index (χ0n) is 14.0. The van der Waals surface area contributed by atoms with Crippen molar-refractivity contribution in [2.24, 2.45) is 5.92 Å². The molecule has 1 aromatic carbocycles. The lowest BCUT2D eigenvalue weighted by atomic mass is 10.0. The summed E-state index contributed by atoms with van der Waals surface area (Å²) >= 11 is 0. The summed E-state index contributed by atoms with van der Waals surface area (Å²) in [7, 11) is 0. The topological polar surface area (TPSA) is 58.6 Å². The Balaban J connectivity index is 1.45. The molecule has 3 aliphatic rings. The summed E-state index contributed by atoms with van der Waals surface area (Å²) < 4.78 is 5.80. The number of carbonyl (C=O) groups is 2. The van der Waals surface area contributed by atoms with Crippen LogP contribution in [-0.2, 0) is 20.7 Å². The number of benzene rings is 1. The Bertz CT molecular complexity index is 639. The largest absolute Gasteiger partial charge is 0.375 e. The van der Waals surface area contributed by atoms with Gasteiger partial charge in [-0.2, -0.15) is 0 Å². The highest BCUT2D eigenvalue weighted by atomic mass is 16.5. The number of nitrogens with zero attached hydrogens (tertiary/aromatic N) is 1. The Morgan fingerprint density at radius 1 is 1.21 bits per heavy atom. The first-order valence-corrected chi connectivity index (χ1v) is 8.89. The van der Waals surface area contributed by atoms with Gasteiger partial charge in [0, 0.05) is 19.2 Å². The average Bonchev–Trinajstić information content (AvgIpc) is 3.10. The molecule has 0 unspecified atom stereocenters.